The van der Waals surface area contributed by atoms with Crippen molar-refractivity contribution in [3.05, 3.63) is 23.2 Å². The van der Waals surface area contributed by atoms with Gasteiger partial charge in [0.2, 0.25) is 0 Å². The van der Waals surface area contributed by atoms with Crippen LogP contribution < -0.4 is 5.32 Å². The first kappa shape index (κ1) is 17.2. The fourth-order valence-electron chi connectivity index (χ4n) is 2.07. The van der Waals surface area contributed by atoms with Crippen LogP contribution in [-0.2, 0) is 17.8 Å². The molecule has 0 aromatic carbocycles. The van der Waals surface area contributed by atoms with Crippen LogP contribution in [0.5, 0.6) is 0 Å². The highest BCUT2D eigenvalue weighted by atomic mass is 16.5. The lowest BCUT2D eigenvalue weighted by Gasteiger charge is -2.24. The molecule has 1 N–H and O–H groups in total. The maximum atomic E-state index is 5.98. The van der Waals surface area contributed by atoms with Gasteiger partial charge in [-0.1, -0.05) is 13.8 Å². The Morgan fingerprint density at radius 1 is 1.30 bits per heavy atom. The standard InChI is InChI=1S/C16H30N2O2/c1-12(2)17-10-16-14(5)9-15(20-16)11-18(13(3)4)7-8-19-6/h9,12-13,17H,7-8,10-11H2,1-6H3. The minimum Gasteiger partial charge on any atom is -0.463 e. The summed E-state index contributed by atoms with van der Waals surface area (Å²) < 4.78 is 11.2. The molecule has 4 nitrogen and oxygen atoms in total. The van der Waals surface area contributed by atoms with Crippen molar-refractivity contribution in [1.29, 1.82) is 0 Å². The lowest BCUT2D eigenvalue weighted by molar-refractivity contribution is 0.119. The largest absolute Gasteiger partial charge is 0.463 e. The second-order valence-corrected chi connectivity index (χ2v) is 5.91. The Kier molecular flexibility index (Phi) is 7.27. The Morgan fingerprint density at radius 2 is 2.00 bits per heavy atom. The van der Waals surface area contributed by atoms with Crippen molar-refractivity contribution in [3.8, 4) is 0 Å². The smallest absolute Gasteiger partial charge is 0.120 e. The predicted octanol–water partition coefficient (Wildman–Crippen LogP) is 2.94. The van der Waals surface area contributed by atoms with Crippen molar-refractivity contribution in [2.75, 3.05) is 20.3 Å². The first-order valence-electron chi connectivity index (χ1n) is 7.48. The molecule has 0 saturated carbocycles. The van der Waals surface area contributed by atoms with Crippen LogP contribution in [0.25, 0.3) is 0 Å². The van der Waals surface area contributed by atoms with Gasteiger partial charge in [-0.05, 0) is 32.4 Å². The van der Waals surface area contributed by atoms with Gasteiger partial charge in [-0.15, -0.1) is 0 Å². The van der Waals surface area contributed by atoms with Crippen molar-refractivity contribution < 1.29 is 9.15 Å². The highest BCUT2D eigenvalue weighted by Crippen LogP contribution is 2.17. The molecule has 0 atom stereocenters. The molecule has 0 saturated heterocycles. The minimum absolute atomic E-state index is 0.469. The van der Waals surface area contributed by atoms with Gasteiger partial charge in [-0.25, -0.2) is 0 Å². The molecule has 0 aliphatic heterocycles. The number of hydrogen-bond donors (Lipinski definition) is 1. The Labute approximate surface area is 123 Å². The molecule has 4 heteroatoms. The van der Waals surface area contributed by atoms with Crippen LogP contribution in [0.1, 0.15) is 44.8 Å². The third kappa shape index (κ3) is 5.65. The predicted molar refractivity (Wildman–Crippen MR) is 82.8 cm³/mol. The van der Waals surface area contributed by atoms with E-state index in [9.17, 15) is 0 Å². The average molecular weight is 282 g/mol. The average Bonchev–Trinajstić information content (AvgIpc) is 2.72. The van der Waals surface area contributed by atoms with Crippen molar-refractivity contribution in [3.63, 3.8) is 0 Å². The summed E-state index contributed by atoms with van der Waals surface area (Å²) in [6.07, 6.45) is 0. The third-order valence-electron chi connectivity index (χ3n) is 3.41. The molecule has 0 amide bonds. The van der Waals surface area contributed by atoms with Gasteiger partial charge >= 0.3 is 0 Å². The number of furan rings is 1. The van der Waals surface area contributed by atoms with Gasteiger partial charge < -0.3 is 14.5 Å². The molecule has 20 heavy (non-hydrogen) atoms. The second-order valence-electron chi connectivity index (χ2n) is 5.91. The molecule has 0 fully saturated rings. The molecular formula is C16H30N2O2. The Morgan fingerprint density at radius 3 is 2.55 bits per heavy atom. The van der Waals surface area contributed by atoms with Crippen molar-refractivity contribution >= 4 is 0 Å². The fraction of sp³-hybridized carbons (Fsp3) is 0.750. The van der Waals surface area contributed by atoms with Gasteiger partial charge in [0.1, 0.15) is 11.5 Å². The van der Waals surface area contributed by atoms with Crippen molar-refractivity contribution in [2.45, 2.75) is 59.8 Å². The van der Waals surface area contributed by atoms with Crippen LogP contribution in [-0.4, -0.2) is 37.2 Å². The number of ether oxygens (including phenoxy) is 1. The maximum absolute atomic E-state index is 5.98. The lowest BCUT2D eigenvalue weighted by atomic mass is 10.2. The number of nitrogens with zero attached hydrogens (tertiary/aromatic N) is 1. The Bertz CT molecular complexity index is 386. The summed E-state index contributed by atoms with van der Waals surface area (Å²) in [6, 6.07) is 3.10. The summed E-state index contributed by atoms with van der Waals surface area (Å²) in [5.41, 5.74) is 1.23. The zero-order valence-corrected chi connectivity index (χ0v) is 13.8. The van der Waals surface area contributed by atoms with E-state index in [0.29, 0.717) is 12.1 Å². The molecule has 116 valence electrons. The number of hydrogen-bond acceptors (Lipinski definition) is 4. The van der Waals surface area contributed by atoms with Crippen LogP contribution in [0.15, 0.2) is 10.5 Å². The fourth-order valence-corrected chi connectivity index (χ4v) is 2.07. The summed E-state index contributed by atoms with van der Waals surface area (Å²) in [5, 5.41) is 3.40. The van der Waals surface area contributed by atoms with Gasteiger partial charge in [0, 0.05) is 25.7 Å². The van der Waals surface area contributed by atoms with E-state index in [1.165, 1.54) is 5.56 Å². The minimum atomic E-state index is 0.469. The molecule has 0 bridgehead atoms. The molecule has 1 heterocycles. The van der Waals surface area contributed by atoms with Crippen LogP contribution in [0, 0.1) is 6.92 Å². The topological polar surface area (TPSA) is 37.6 Å². The molecule has 0 unspecified atom stereocenters. The highest BCUT2D eigenvalue weighted by molar-refractivity contribution is 5.20. The maximum Gasteiger partial charge on any atom is 0.120 e. The number of rotatable bonds is 9. The van der Waals surface area contributed by atoms with Crippen LogP contribution in [0.2, 0.25) is 0 Å². The normalized spacial score (nSPS) is 12.1. The molecule has 1 aromatic rings. The SMILES string of the molecule is COCCN(Cc1cc(C)c(CNC(C)C)o1)C(C)C. The van der Waals surface area contributed by atoms with Gasteiger partial charge in [-0.2, -0.15) is 0 Å². The third-order valence-corrected chi connectivity index (χ3v) is 3.41. The van der Waals surface area contributed by atoms with Crippen LogP contribution in [0.3, 0.4) is 0 Å². The lowest BCUT2D eigenvalue weighted by Crippen LogP contribution is -2.33. The van der Waals surface area contributed by atoms with E-state index in [4.69, 9.17) is 9.15 Å². The quantitative estimate of drug-likeness (QED) is 0.755. The summed E-state index contributed by atoms with van der Waals surface area (Å²) in [6.45, 7) is 14.1. The van der Waals surface area contributed by atoms with E-state index in [0.717, 1.165) is 37.8 Å². The van der Waals surface area contributed by atoms with E-state index in [-0.39, 0.29) is 0 Å². The monoisotopic (exact) mass is 282 g/mol. The molecule has 1 rings (SSSR count). The van der Waals surface area contributed by atoms with Gasteiger partial charge in [0.15, 0.2) is 0 Å². The Balaban J connectivity index is 2.64. The van der Waals surface area contributed by atoms with E-state index < -0.39 is 0 Å². The first-order chi connectivity index (χ1) is 9.43. The van der Waals surface area contributed by atoms with Crippen LogP contribution in [0.4, 0.5) is 0 Å². The van der Waals surface area contributed by atoms with E-state index >= 15 is 0 Å². The highest BCUT2D eigenvalue weighted by Gasteiger charge is 2.14. The summed E-state index contributed by atoms with van der Waals surface area (Å²) >= 11 is 0. The van der Waals surface area contributed by atoms with E-state index in [1.54, 1.807) is 7.11 Å². The second kappa shape index (κ2) is 8.45. The van der Waals surface area contributed by atoms with Crippen molar-refractivity contribution in [1.82, 2.24) is 10.2 Å². The van der Waals surface area contributed by atoms with Gasteiger partial charge in [0.25, 0.3) is 0 Å². The molecule has 0 radical (unpaired) electrons. The molecule has 0 spiro atoms. The molecular weight excluding hydrogens is 252 g/mol. The van der Waals surface area contributed by atoms with E-state index in [1.807, 2.05) is 0 Å². The molecule has 1 aromatic heterocycles. The van der Waals surface area contributed by atoms with Crippen LogP contribution >= 0.6 is 0 Å². The summed E-state index contributed by atoms with van der Waals surface area (Å²) in [7, 11) is 1.74. The van der Waals surface area contributed by atoms with E-state index in [2.05, 4.69) is 50.9 Å². The number of nitrogens with one attached hydrogen (secondary N) is 1. The van der Waals surface area contributed by atoms with Gasteiger partial charge in [0.05, 0.1) is 19.7 Å². The van der Waals surface area contributed by atoms with Gasteiger partial charge in [-0.3, -0.25) is 4.90 Å². The first-order valence-corrected chi connectivity index (χ1v) is 7.48. The Hall–Kier alpha value is -0.840. The summed E-state index contributed by atoms with van der Waals surface area (Å²) in [4.78, 5) is 2.36. The number of methoxy groups -OCH3 is 1. The van der Waals surface area contributed by atoms with Crippen molar-refractivity contribution in [2.24, 2.45) is 0 Å². The zero-order valence-electron chi connectivity index (χ0n) is 13.8. The molecule has 0 aliphatic rings. The molecule has 0 aliphatic carbocycles. The summed E-state index contributed by atoms with van der Waals surface area (Å²) in [5.74, 6) is 2.08. The zero-order chi connectivity index (χ0) is 15.1. The number of aryl methyl sites for hydroxylation is 1.